The van der Waals surface area contributed by atoms with Gasteiger partial charge in [0.2, 0.25) is 10.0 Å². The predicted molar refractivity (Wildman–Crippen MR) is 71.5 cm³/mol. The van der Waals surface area contributed by atoms with Crippen LogP contribution < -0.4 is 10.5 Å². The largest absolute Gasteiger partial charge is 0.399 e. The molecule has 1 aliphatic heterocycles. The zero-order chi connectivity index (χ0) is 12.3. The SMILES string of the molecule is Nc1ccc(S(=O)(=O)NCC2CCCS2)cc1. The summed E-state index contributed by atoms with van der Waals surface area (Å²) in [5.41, 5.74) is 6.09. The molecule has 1 saturated heterocycles. The first-order valence-corrected chi connectivity index (χ1v) is 8.08. The van der Waals surface area contributed by atoms with Gasteiger partial charge in [0.25, 0.3) is 0 Å². The molecule has 17 heavy (non-hydrogen) atoms. The first kappa shape index (κ1) is 12.7. The van der Waals surface area contributed by atoms with Crippen molar-refractivity contribution in [3.63, 3.8) is 0 Å². The maximum absolute atomic E-state index is 11.9. The van der Waals surface area contributed by atoms with E-state index in [1.54, 1.807) is 12.1 Å². The van der Waals surface area contributed by atoms with Crippen LogP contribution in [0.3, 0.4) is 0 Å². The van der Waals surface area contributed by atoms with Crippen molar-refractivity contribution in [2.75, 3.05) is 18.0 Å². The molecule has 0 amide bonds. The summed E-state index contributed by atoms with van der Waals surface area (Å²) in [6, 6.07) is 6.25. The van der Waals surface area contributed by atoms with Crippen molar-refractivity contribution in [3.8, 4) is 0 Å². The van der Waals surface area contributed by atoms with Crippen molar-refractivity contribution in [2.45, 2.75) is 23.0 Å². The molecule has 6 heteroatoms. The summed E-state index contributed by atoms with van der Waals surface area (Å²) in [5, 5.41) is 0.415. The van der Waals surface area contributed by atoms with Gasteiger partial charge in [-0.3, -0.25) is 0 Å². The molecule has 0 saturated carbocycles. The molecule has 1 heterocycles. The van der Waals surface area contributed by atoms with Crippen molar-refractivity contribution in [2.24, 2.45) is 0 Å². The molecule has 1 aromatic carbocycles. The summed E-state index contributed by atoms with van der Waals surface area (Å²) in [6.07, 6.45) is 2.27. The molecule has 0 bridgehead atoms. The standard InChI is InChI=1S/C11H16N2O2S2/c12-9-3-5-11(6-4-9)17(14,15)13-8-10-2-1-7-16-10/h3-6,10,13H,1-2,7-8,12H2. The van der Waals surface area contributed by atoms with Gasteiger partial charge in [-0.25, -0.2) is 13.1 Å². The number of benzene rings is 1. The normalized spacial score (nSPS) is 20.6. The van der Waals surface area contributed by atoms with E-state index in [2.05, 4.69) is 4.72 Å². The Kier molecular flexibility index (Phi) is 3.96. The highest BCUT2D eigenvalue weighted by Gasteiger charge is 2.19. The van der Waals surface area contributed by atoms with Gasteiger partial charge in [0.05, 0.1) is 4.90 Å². The molecule has 0 spiro atoms. The number of hydrogen-bond acceptors (Lipinski definition) is 4. The molecular weight excluding hydrogens is 256 g/mol. The van der Waals surface area contributed by atoms with Crippen molar-refractivity contribution < 1.29 is 8.42 Å². The molecule has 1 atom stereocenters. The molecule has 3 N–H and O–H groups in total. The van der Waals surface area contributed by atoms with E-state index in [-0.39, 0.29) is 4.90 Å². The van der Waals surface area contributed by atoms with Gasteiger partial charge in [-0.15, -0.1) is 0 Å². The first-order valence-electron chi connectivity index (χ1n) is 5.55. The lowest BCUT2D eigenvalue weighted by Gasteiger charge is -2.10. The Bertz CT molecular complexity index is 465. The van der Waals surface area contributed by atoms with Crippen LogP contribution >= 0.6 is 11.8 Å². The van der Waals surface area contributed by atoms with Crippen LogP contribution in [-0.4, -0.2) is 26.0 Å². The Balaban J connectivity index is 2.00. The maximum Gasteiger partial charge on any atom is 0.240 e. The second kappa shape index (κ2) is 5.29. The van der Waals surface area contributed by atoms with Gasteiger partial charge >= 0.3 is 0 Å². The lowest BCUT2D eigenvalue weighted by molar-refractivity contribution is 0.579. The summed E-state index contributed by atoms with van der Waals surface area (Å²) in [6.45, 7) is 0.511. The number of thioether (sulfide) groups is 1. The predicted octanol–water partition coefficient (Wildman–Crippen LogP) is 1.44. The smallest absolute Gasteiger partial charge is 0.240 e. The molecule has 94 valence electrons. The highest BCUT2D eigenvalue weighted by Crippen LogP contribution is 2.25. The minimum Gasteiger partial charge on any atom is -0.399 e. The van der Waals surface area contributed by atoms with Gasteiger partial charge in [-0.05, 0) is 42.9 Å². The molecule has 1 aliphatic rings. The highest BCUT2D eigenvalue weighted by atomic mass is 32.2. The summed E-state index contributed by atoms with van der Waals surface area (Å²) >= 11 is 1.83. The van der Waals surface area contributed by atoms with Crippen LogP contribution in [0.15, 0.2) is 29.2 Å². The quantitative estimate of drug-likeness (QED) is 0.814. The number of nitrogens with one attached hydrogen (secondary N) is 1. The Morgan fingerprint density at radius 2 is 2.06 bits per heavy atom. The van der Waals surface area contributed by atoms with E-state index in [0.29, 0.717) is 17.5 Å². The van der Waals surface area contributed by atoms with E-state index in [1.807, 2.05) is 11.8 Å². The fourth-order valence-corrected chi connectivity index (χ4v) is 4.13. The van der Waals surface area contributed by atoms with Crippen LogP contribution in [0.1, 0.15) is 12.8 Å². The van der Waals surface area contributed by atoms with Crippen LogP contribution in [0.25, 0.3) is 0 Å². The number of rotatable bonds is 4. The molecule has 4 nitrogen and oxygen atoms in total. The summed E-state index contributed by atoms with van der Waals surface area (Å²) < 4.78 is 26.5. The van der Waals surface area contributed by atoms with Gasteiger partial charge in [0.1, 0.15) is 0 Å². The fraction of sp³-hybridized carbons (Fsp3) is 0.455. The molecule has 0 aliphatic carbocycles. The Labute approximate surface area is 106 Å². The third-order valence-corrected chi connectivity index (χ3v) is 5.55. The topological polar surface area (TPSA) is 72.2 Å². The lowest BCUT2D eigenvalue weighted by Crippen LogP contribution is -2.29. The second-order valence-corrected chi connectivity index (χ2v) is 7.23. The van der Waals surface area contributed by atoms with Crippen LogP contribution in [0.2, 0.25) is 0 Å². The molecule has 0 aromatic heterocycles. The first-order chi connectivity index (χ1) is 8.08. The van der Waals surface area contributed by atoms with Gasteiger partial charge in [-0.1, -0.05) is 0 Å². The number of nitrogen functional groups attached to an aromatic ring is 1. The average molecular weight is 272 g/mol. The average Bonchev–Trinajstić information content (AvgIpc) is 2.80. The summed E-state index contributed by atoms with van der Waals surface area (Å²) in [7, 11) is -3.38. The van der Waals surface area contributed by atoms with Crippen LogP contribution in [-0.2, 0) is 10.0 Å². The highest BCUT2D eigenvalue weighted by molar-refractivity contribution is 8.00. The lowest BCUT2D eigenvalue weighted by atomic mass is 10.2. The van der Waals surface area contributed by atoms with E-state index in [1.165, 1.54) is 18.6 Å². The van der Waals surface area contributed by atoms with Crippen LogP contribution in [0, 0.1) is 0 Å². The minimum absolute atomic E-state index is 0.273. The minimum atomic E-state index is -3.38. The Morgan fingerprint density at radius 3 is 2.65 bits per heavy atom. The van der Waals surface area contributed by atoms with Gasteiger partial charge in [0, 0.05) is 17.5 Å². The Hall–Kier alpha value is -0.720. The zero-order valence-electron chi connectivity index (χ0n) is 9.43. The van der Waals surface area contributed by atoms with Crippen molar-refractivity contribution in [1.29, 1.82) is 0 Å². The molecular formula is C11H16N2O2S2. The summed E-state index contributed by atoms with van der Waals surface area (Å²) in [5.74, 6) is 1.13. The van der Waals surface area contributed by atoms with Crippen molar-refractivity contribution in [3.05, 3.63) is 24.3 Å². The molecule has 1 aromatic rings. The number of anilines is 1. The summed E-state index contributed by atoms with van der Waals surface area (Å²) in [4.78, 5) is 0.273. The third kappa shape index (κ3) is 3.37. The van der Waals surface area contributed by atoms with E-state index < -0.39 is 10.0 Å². The molecule has 0 radical (unpaired) electrons. The van der Waals surface area contributed by atoms with Crippen LogP contribution in [0.5, 0.6) is 0 Å². The van der Waals surface area contributed by atoms with E-state index in [4.69, 9.17) is 5.73 Å². The van der Waals surface area contributed by atoms with Gasteiger partial charge < -0.3 is 5.73 Å². The number of hydrogen-bond donors (Lipinski definition) is 2. The number of sulfonamides is 1. The molecule has 1 fully saturated rings. The zero-order valence-corrected chi connectivity index (χ0v) is 11.1. The fourth-order valence-electron chi connectivity index (χ4n) is 1.74. The van der Waals surface area contributed by atoms with Gasteiger partial charge in [-0.2, -0.15) is 11.8 Å². The van der Waals surface area contributed by atoms with E-state index in [9.17, 15) is 8.42 Å². The monoisotopic (exact) mass is 272 g/mol. The maximum atomic E-state index is 11.9. The van der Waals surface area contributed by atoms with E-state index >= 15 is 0 Å². The van der Waals surface area contributed by atoms with Crippen LogP contribution in [0.4, 0.5) is 5.69 Å². The van der Waals surface area contributed by atoms with Crippen molar-refractivity contribution in [1.82, 2.24) is 4.72 Å². The Morgan fingerprint density at radius 1 is 1.35 bits per heavy atom. The molecule has 2 rings (SSSR count). The number of nitrogens with two attached hydrogens (primary N) is 1. The van der Waals surface area contributed by atoms with Crippen molar-refractivity contribution >= 4 is 27.5 Å². The second-order valence-electron chi connectivity index (χ2n) is 4.06. The third-order valence-electron chi connectivity index (χ3n) is 2.72. The van der Waals surface area contributed by atoms with E-state index in [0.717, 1.165) is 12.2 Å². The van der Waals surface area contributed by atoms with Gasteiger partial charge in [0.15, 0.2) is 0 Å². The molecule has 1 unspecified atom stereocenters.